The van der Waals surface area contributed by atoms with Crippen LogP contribution in [0.25, 0.3) is 0 Å². The van der Waals surface area contributed by atoms with Crippen LogP contribution < -0.4 is 10.3 Å². The second-order valence-electron chi connectivity index (χ2n) is 10.2. The number of anilines is 1. The maximum absolute atomic E-state index is 13.4. The van der Waals surface area contributed by atoms with Crippen molar-refractivity contribution in [1.82, 2.24) is 20.2 Å². The van der Waals surface area contributed by atoms with Crippen LogP contribution in [0.5, 0.6) is 0 Å². The molecule has 4 heterocycles. The van der Waals surface area contributed by atoms with Gasteiger partial charge < -0.3 is 14.9 Å². The van der Waals surface area contributed by atoms with Gasteiger partial charge in [-0.05, 0) is 68.8 Å². The molecule has 0 aromatic heterocycles. The van der Waals surface area contributed by atoms with E-state index in [1.54, 1.807) is 11.0 Å². The van der Waals surface area contributed by atoms with Crippen LogP contribution in [0.4, 0.5) is 23.7 Å². The predicted octanol–water partition coefficient (Wildman–Crippen LogP) is 3.64. The summed E-state index contributed by atoms with van der Waals surface area (Å²) in [5.74, 6) is -1.04. The van der Waals surface area contributed by atoms with Crippen molar-refractivity contribution < 1.29 is 27.9 Å². The Morgan fingerprint density at radius 3 is 2.39 bits per heavy atom. The molecule has 1 atom stereocenters. The highest BCUT2D eigenvalue weighted by molar-refractivity contribution is 5.80. The van der Waals surface area contributed by atoms with E-state index in [4.69, 9.17) is 5.11 Å². The second-order valence-corrected chi connectivity index (χ2v) is 10.2. The summed E-state index contributed by atoms with van der Waals surface area (Å²) in [6.45, 7) is 4.12. The topological polar surface area (TPSA) is 79.4 Å². The van der Waals surface area contributed by atoms with Crippen LogP contribution in [-0.4, -0.2) is 76.2 Å². The number of amides is 2. The molecule has 1 unspecified atom stereocenters. The van der Waals surface area contributed by atoms with E-state index in [1.807, 2.05) is 0 Å². The summed E-state index contributed by atoms with van der Waals surface area (Å²) in [6, 6.07) is 2.97. The number of hydrogen-bond donors (Lipinski definition) is 2. The molecule has 0 bridgehead atoms. The fraction of sp³-hybridized carbons (Fsp3) is 0.600. The fourth-order valence-electron chi connectivity index (χ4n) is 6.07. The summed E-state index contributed by atoms with van der Waals surface area (Å²) < 4.78 is 40.3. The zero-order chi connectivity index (χ0) is 25.5. The Morgan fingerprint density at radius 2 is 1.75 bits per heavy atom. The van der Waals surface area contributed by atoms with Gasteiger partial charge in [0, 0.05) is 50.2 Å². The van der Waals surface area contributed by atoms with Crippen molar-refractivity contribution in [1.29, 1.82) is 0 Å². The summed E-state index contributed by atoms with van der Waals surface area (Å²) in [5.41, 5.74) is 3.60. The normalized spacial score (nSPS) is 24.3. The number of aliphatic carboxylic acids is 1. The minimum Gasteiger partial charge on any atom is -0.480 e. The lowest BCUT2D eigenvalue weighted by Crippen LogP contribution is -2.56. The van der Waals surface area contributed by atoms with E-state index >= 15 is 0 Å². The molecule has 4 aliphatic heterocycles. The van der Waals surface area contributed by atoms with Crippen molar-refractivity contribution in [2.75, 3.05) is 37.6 Å². The first-order valence-electron chi connectivity index (χ1n) is 12.6. The first-order valence-corrected chi connectivity index (χ1v) is 12.6. The number of halogens is 3. The van der Waals surface area contributed by atoms with E-state index in [-0.39, 0.29) is 11.6 Å². The highest BCUT2D eigenvalue weighted by Crippen LogP contribution is 2.41. The Morgan fingerprint density at radius 1 is 1.03 bits per heavy atom. The molecule has 2 amide bonds. The number of carbonyl (C=O) groups is 2. The minimum absolute atomic E-state index is 0.0837. The maximum atomic E-state index is 13.4. The second kappa shape index (κ2) is 9.59. The molecule has 0 aliphatic carbocycles. The molecular weight excluding hydrogens is 475 g/mol. The van der Waals surface area contributed by atoms with Gasteiger partial charge in [-0.15, -0.1) is 0 Å². The number of carboxylic acid groups (broad SMARTS) is 1. The van der Waals surface area contributed by atoms with Crippen molar-refractivity contribution in [2.24, 2.45) is 0 Å². The van der Waals surface area contributed by atoms with Crippen LogP contribution >= 0.6 is 0 Å². The lowest BCUT2D eigenvalue weighted by atomic mass is 9.84. The van der Waals surface area contributed by atoms with Crippen molar-refractivity contribution >= 4 is 17.7 Å². The van der Waals surface area contributed by atoms with Gasteiger partial charge in [-0.2, -0.15) is 13.2 Å². The fourth-order valence-corrected chi connectivity index (χ4v) is 6.07. The molecule has 4 aliphatic rings. The van der Waals surface area contributed by atoms with Gasteiger partial charge in [0.15, 0.2) is 0 Å². The van der Waals surface area contributed by atoms with Gasteiger partial charge in [0.1, 0.15) is 6.04 Å². The Hall–Kier alpha value is -2.79. The number of carboxylic acids is 1. The van der Waals surface area contributed by atoms with Crippen molar-refractivity contribution in [2.45, 2.75) is 62.8 Å². The molecule has 3 fully saturated rings. The third-order valence-corrected chi connectivity index (χ3v) is 8.10. The van der Waals surface area contributed by atoms with Gasteiger partial charge in [-0.25, -0.2) is 15.2 Å². The standard InChI is InChI=1S/C25H32F3N5O3/c26-25(27,28)19-5-4-18(21(16-19)30-10-1-2-11-30)17-32-12-3-7-24(32)8-14-31(15-9-24)23(36)33-13-6-20(29-33)22(34)35/h4-6,13,16,20,29H,1-3,7-12,14-15,17H2,(H,34,35). The number of rotatable bonds is 4. The monoisotopic (exact) mass is 507 g/mol. The third kappa shape index (κ3) is 4.78. The summed E-state index contributed by atoms with van der Waals surface area (Å²) in [7, 11) is 0. The van der Waals surface area contributed by atoms with E-state index in [1.165, 1.54) is 29.4 Å². The van der Waals surface area contributed by atoms with E-state index in [0.717, 1.165) is 63.7 Å². The van der Waals surface area contributed by atoms with Crippen LogP contribution in [0.2, 0.25) is 0 Å². The molecule has 1 aromatic rings. The van der Waals surface area contributed by atoms with Crippen molar-refractivity contribution in [3.05, 3.63) is 41.6 Å². The van der Waals surface area contributed by atoms with E-state index < -0.39 is 23.8 Å². The SMILES string of the molecule is O=C(O)C1C=CN(C(=O)N2CCC3(CCCN3Cc3ccc(C(F)(F)F)cc3N3CCCC3)CC2)N1. The van der Waals surface area contributed by atoms with E-state index in [2.05, 4.69) is 15.2 Å². The number of carbonyl (C=O) groups excluding carboxylic acids is 1. The molecule has 36 heavy (non-hydrogen) atoms. The summed E-state index contributed by atoms with van der Waals surface area (Å²) >= 11 is 0. The zero-order valence-corrected chi connectivity index (χ0v) is 20.1. The number of piperidine rings is 1. The average molecular weight is 508 g/mol. The average Bonchev–Trinajstić information content (AvgIpc) is 3.61. The van der Waals surface area contributed by atoms with Crippen LogP contribution in [0, 0.1) is 0 Å². The molecule has 0 saturated carbocycles. The zero-order valence-electron chi connectivity index (χ0n) is 20.1. The summed E-state index contributed by atoms with van der Waals surface area (Å²) in [5, 5.41) is 10.4. The van der Waals surface area contributed by atoms with Crippen LogP contribution in [0.1, 0.15) is 49.7 Å². The molecule has 0 radical (unpaired) electrons. The Bertz CT molecular complexity index is 1030. The molecular formula is C25H32F3N5O3. The third-order valence-electron chi connectivity index (χ3n) is 8.10. The van der Waals surface area contributed by atoms with Crippen LogP contribution in [0.15, 0.2) is 30.5 Å². The van der Waals surface area contributed by atoms with Crippen LogP contribution in [0.3, 0.4) is 0 Å². The van der Waals surface area contributed by atoms with Crippen molar-refractivity contribution in [3.63, 3.8) is 0 Å². The van der Waals surface area contributed by atoms with Gasteiger partial charge in [0.25, 0.3) is 0 Å². The molecule has 8 nitrogen and oxygen atoms in total. The molecule has 196 valence electrons. The summed E-state index contributed by atoms with van der Waals surface area (Å²) in [4.78, 5) is 30.3. The largest absolute Gasteiger partial charge is 0.480 e. The number of likely N-dealkylation sites (tertiary alicyclic amines) is 2. The number of benzene rings is 1. The lowest BCUT2D eigenvalue weighted by molar-refractivity contribution is -0.139. The van der Waals surface area contributed by atoms with Crippen molar-refractivity contribution in [3.8, 4) is 0 Å². The molecule has 3 saturated heterocycles. The quantitative estimate of drug-likeness (QED) is 0.648. The first kappa shape index (κ1) is 24.9. The number of hydrogen-bond acceptors (Lipinski definition) is 5. The first-order chi connectivity index (χ1) is 17.2. The number of alkyl halides is 3. The van der Waals surface area contributed by atoms with E-state index in [0.29, 0.717) is 25.3 Å². The minimum atomic E-state index is -4.37. The van der Waals surface area contributed by atoms with Gasteiger partial charge >= 0.3 is 18.2 Å². The highest BCUT2D eigenvalue weighted by atomic mass is 19.4. The summed E-state index contributed by atoms with van der Waals surface area (Å²) in [6.07, 6.45) is 4.07. The molecule has 1 aromatic carbocycles. The molecule has 2 N–H and O–H groups in total. The smallest absolute Gasteiger partial charge is 0.416 e. The number of hydrazine groups is 1. The maximum Gasteiger partial charge on any atom is 0.416 e. The van der Waals surface area contributed by atoms with E-state index in [9.17, 15) is 22.8 Å². The number of urea groups is 1. The Kier molecular flexibility index (Phi) is 6.63. The highest BCUT2D eigenvalue weighted by Gasteiger charge is 2.45. The van der Waals surface area contributed by atoms with Gasteiger partial charge in [0.2, 0.25) is 0 Å². The van der Waals surface area contributed by atoms with Crippen LogP contribution in [-0.2, 0) is 17.5 Å². The van der Waals surface area contributed by atoms with Gasteiger partial charge in [0.05, 0.1) is 5.56 Å². The number of nitrogens with one attached hydrogen (secondary N) is 1. The molecule has 11 heteroatoms. The van der Waals surface area contributed by atoms with Gasteiger partial charge in [-0.3, -0.25) is 9.69 Å². The van der Waals surface area contributed by atoms with Gasteiger partial charge in [-0.1, -0.05) is 6.07 Å². The number of nitrogens with zero attached hydrogens (tertiary/aromatic N) is 4. The lowest BCUT2D eigenvalue weighted by Gasteiger charge is -2.46. The predicted molar refractivity (Wildman–Crippen MR) is 127 cm³/mol. The molecule has 5 rings (SSSR count). The Labute approximate surface area is 208 Å². The Balaban J connectivity index is 1.28. The molecule has 1 spiro atoms.